The van der Waals surface area contributed by atoms with Crippen LogP contribution in [0.1, 0.15) is 23.7 Å². The number of halogens is 4. The number of imidazole rings is 1. The van der Waals surface area contributed by atoms with E-state index in [0.29, 0.717) is 5.82 Å². The summed E-state index contributed by atoms with van der Waals surface area (Å²) in [5.74, 6) is 0.632. The Bertz CT molecular complexity index is 622. The number of hydrogen-bond acceptors (Lipinski definition) is 2. The zero-order valence-electron chi connectivity index (χ0n) is 11.7. The van der Waals surface area contributed by atoms with Gasteiger partial charge in [0.2, 0.25) is 0 Å². The van der Waals surface area contributed by atoms with Crippen LogP contribution in [0.5, 0.6) is 0 Å². The lowest BCUT2D eigenvalue weighted by atomic mass is 10.2. The number of benzene rings is 1. The standard InChI is InChI=1S/C14H16ClF3N2O/c1-9-3-4-12-11(7-9)19-13(10(2)15)20(12)5-6-21-8-14(16,17)18/h3-4,7,10H,5-6,8H2,1-2H3. The lowest BCUT2D eigenvalue weighted by molar-refractivity contribution is -0.174. The van der Waals surface area contributed by atoms with E-state index in [4.69, 9.17) is 11.6 Å². The molecule has 0 radical (unpaired) electrons. The van der Waals surface area contributed by atoms with E-state index in [1.54, 1.807) is 6.92 Å². The van der Waals surface area contributed by atoms with Gasteiger partial charge in [-0.05, 0) is 31.5 Å². The van der Waals surface area contributed by atoms with E-state index in [0.717, 1.165) is 16.6 Å². The molecule has 1 atom stereocenters. The average Bonchev–Trinajstić information content (AvgIpc) is 2.71. The monoisotopic (exact) mass is 320 g/mol. The number of aromatic nitrogens is 2. The van der Waals surface area contributed by atoms with Crippen molar-refractivity contribution in [2.24, 2.45) is 0 Å². The Morgan fingerprint density at radius 3 is 2.71 bits per heavy atom. The molecule has 0 saturated heterocycles. The van der Waals surface area contributed by atoms with Crippen molar-refractivity contribution in [1.29, 1.82) is 0 Å². The highest BCUT2D eigenvalue weighted by atomic mass is 35.5. The molecule has 0 fully saturated rings. The minimum atomic E-state index is -4.31. The van der Waals surface area contributed by atoms with Crippen LogP contribution in [0.3, 0.4) is 0 Å². The zero-order valence-corrected chi connectivity index (χ0v) is 12.5. The molecule has 21 heavy (non-hydrogen) atoms. The normalized spacial score (nSPS) is 13.8. The van der Waals surface area contributed by atoms with Crippen molar-refractivity contribution in [2.45, 2.75) is 31.9 Å². The second-order valence-electron chi connectivity index (χ2n) is 4.90. The third kappa shape index (κ3) is 4.11. The molecule has 1 unspecified atom stereocenters. The van der Waals surface area contributed by atoms with Gasteiger partial charge < -0.3 is 9.30 Å². The SMILES string of the molecule is Cc1ccc2c(c1)nc(C(C)Cl)n2CCOCC(F)(F)F. The van der Waals surface area contributed by atoms with Crippen molar-refractivity contribution >= 4 is 22.6 Å². The van der Waals surface area contributed by atoms with Crippen LogP contribution >= 0.6 is 11.6 Å². The first-order valence-corrected chi connectivity index (χ1v) is 6.97. The Hall–Kier alpha value is -1.27. The molecule has 1 aromatic heterocycles. The molecule has 7 heteroatoms. The lowest BCUT2D eigenvalue weighted by Gasteiger charge is -2.12. The summed E-state index contributed by atoms with van der Waals surface area (Å²) < 4.78 is 42.7. The molecule has 0 saturated carbocycles. The van der Waals surface area contributed by atoms with Gasteiger partial charge in [0.15, 0.2) is 0 Å². The van der Waals surface area contributed by atoms with E-state index in [-0.39, 0.29) is 18.5 Å². The second-order valence-corrected chi connectivity index (χ2v) is 5.55. The van der Waals surface area contributed by atoms with Gasteiger partial charge in [0, 0.05) is 6.54 Å². The maximum atomic E-state index is 12.1. The first kappa shape index (κ1) is 16.1. The molecular weight excluding hydrogens is 305 g/mol. The van der Waals surface area contributed by atoms with Crippen LogP contribution in [0.2, 0.25) is 0 Å². The van der Waals surface area contributed by atoms with Crippen molar-refractivity contribution in [1.82, 2.24) is 9.55 Å². The van der Waals surface area contributed by atoms with Crippen molar-refractivity contribution in [3.8, 4) is 0 Å². The number of rotatable bonds is 5. The highest BCUT2D eigenvalue weighted by Crippen LogP contribution is 2.25. The van der Waals surface area contributed by atoms with Gasteiger partial charge in [-0.2, -0.15) is 13.2 Å². The van der Waals surface area contributed by atoms with Crippen LogP contribution in [-0.2, 0) is 11.3 Å². The number of alkyl halides is 4. The zero-order chi connectivity index (χ0) is 15.6. The van der Waals surface area contributed by atoms with Crippen LogP contribution in [0.25, 0.3) is 11.0 Å². The molecule has 116 valence electrons. The number of nitrogens with zero attached hydrogens (tertiary/aromatic N) is 2. The van der Waals surface area contributed by atoms with Crippen molar-refractivity contribution in [2.75, 3.05) is 13.2 Å². The smallest absolute Gasteiger partial charge is 0.370 e. The molecule has 2 aromatic rings. The Balaban J connectivity index is 2.19. The largest absolute Gasteiger partial charge is 0.411 e. The lowest BCUT2D eigenvalue weighted by Crippen LogP contribution is -2.19. The number of hydrogen-bond donors (Lipinski definition) is 0. The van der Waals surface area contributed by atoms with Crippen LogP contribution in [0, 0.1) is 6.92 Å². The fourth-order valence-electron chi connectivity index (χ4n) is 2.14. The van der Waals surface area contributed by atoms with Gasteiger partial charge >= 0.3 is 6.18 Å². The summed E-state index contributed by atoms with van der Waals surface area (Å²) in [6.45, 7) is 2.72. The first-order valence-electron chi connectivity index (χ1n) is 6.53. The van der Waals surface area contributed by atoms with Gasteiger partial charge in [-0.25, -0.2) is 4.98 Å². The third-order valence-corrected chi connectivity index (χ3v) is 3.21. The molecule has 0 aliphatic carbocycles. The second kappa shape index (κ2) is 6.23. The number of aryl methyl sites for hydroxylation is 1. The Morgan fingerprint density at radius 1 is 1.38 bits per heavy atom. The molecule has 0 aliphatic heterocycles. The molecule has 1 aromatic carbocycles. The molecule has 1 heterocycles. The average molecular weight is 321 g/mol. The summed E-state index contributed by atoms with van der Waals surface area (Å²) in [6, 6.07) is 5.75. The van der Waals surface area contributed by atoms with E-state index in [1.165, 1.54) is 0 Å². The maximum absolute atomic E-state index is 12.1. The van der Waals surface area contributed by atoms with E-state index < -0.39 is 12.8 Å². The molecule has 0 bridgehead atoms. The minimum absolute atomic E-state index is 0.0462. The predicted octanol–water partition coefficient (Wildman–Crippen LogP) is 4.22. The maximum Gasteiger partial charge on any atom is 0.411 e. The molecule has 0 aliphatic rings. The molecule has 0 N–H and O–H groups in total. The van der Waals surface area contributed by atoms with Crippen molar-refractivity contribution in [3.05, 3.63) is 29.6 Å². The van der Waals surface area contributed by atoms with Gasteiger partial charge in [0.05, 0.1) is 23.0 Å². The molecule has 2 rings (SSSR count). The topological polar surface area (TPSA) is 27.1 Å². The quantitative estimate of drug-likeness (QED) is 0.609. The summed E-state index contributed by atoms with van der Waals surface area (Å²) in [5.41, 5.74) is 2.70. The molecule has 3 nitrogen and oxygen atoms in total. The Morgan fingerprint density at radius 2 is 2.10 bits per heavy atom. The summed E-state index contributed by atoms with van der Waals surface area (Å²) >= 11 is 6.10. The van der Waals surface area contributed by atoms with Gasteiger partial charge in [-0.3, -0.25) is 0 Å². The summed E-state index contributed by atoms with van der Waals surface area (Å²) in [7, 11) is 0. The third-order valence-electron chi connectivity index (χ3n) is 3.01. The fraction of sp³-hybridized carbons (Fsp3) is 0.500. The van der Waals surface area contributed by atoms with Gasteiger partial charge in [0.1, 0.15) is 12.4 Å². The highest BCUT2D eigenvalue weighted by molar-refractivity contribution is 6.20. The number of fused-ring (bicyclic) bond motifs is 1. The molecular formula is C14H16ClF3N2O. The van der Waals surface area contributed by atoms with E-state index in [2.05, 4.69) is 9.72 Å². The fourth-order valence-corrected chi connectivity index (χ4v) is 2.31. The Labute approximate surface area is 125 Å². The van der Waals surface area contributed by atoms with Crippen LogP contribution in [0.15, 0.2) is 18.2 Å². The van der Waals surface area contributed by atoms with Gasteiger partial charge in [-0.15, -0.1) is 11.6 Å². The first-order chi connectivity index (χ1) is 9.78. The molecule has 0 amide bonds. The van der Waals surface area contributed by atoms with Crippen LogP contribution in [0.4, 0.5) is 13.2 Å². The van der Waals surface area contributed by atoms with Gasteiger partial charge in [0.25, 0.3) is 0 Å². The van der Waals surface area contributed by atoms with Crippen LogP contribution in [-0.4, -0.2) is 28.9 Å². The van der Waals surface area contributed by atoms with E-state index in [1.807, 2.05) is 29.7 Å². The van der Waals surface area contributed by atoms with Crippen LogP contribution < -0.4 is 0 Å². The summed E-state index contributed by atoms with van der Waals surface area (Å²) in [4.78, 5) is 4.45. The summed E-state index contributed by atoms with van der Waals surface area (Å²) in [5, 5.41) is -0.333. The Kier molecular flexibility index (Phi) is 4.78. The number of ether oxygens (including phenoxy) is 1. The van der Waals surface area contributed by atoms with Crippen molar-refractivity contribution < 1.29 is 17.9 Å². The van der Waals surface area contributed by atoms with E-state index in [9.17, 15) is 13.2 Å². The van der Waals surface area contributed by atoms with Crippen molar-refractivity contribution in [3.63, 3.8) is 0 Å². The molecule has 0 spiro atoms. The predicted molar refractivity (Wildman–Crippen MR) is 75.6 cm³/mol. The highest BCUT2D eigenvalue weighted by Gasteiger charge is 2.27. The van der Waals surface area contributed by atoms with E-state index >= 15 is 0 Å². The van der Waals surface area contributed by atoms with Gasteiger partial charge in [-0.1, -0.05) is 6.07 Å². The minimum Gasteiger partial charge on any atom is -0.370 e. The summed E-state index contributed by atoms with van der Waals surface area (Å²) in [6.07, 6.45) is -4.31.